The van der Waals surface area contributed by atoms with Gasteiger partial charge in [-0.2, -0.15) is 0 Å². The van der Waals surface area contributed by atoms with E-state index in [2.05, 4.69) is 20.9 Å². The first kappa shape index (κ1) is 31.8. The summed E-state index contributed by atoms with van der Waals surface area (Å²) in [5.74, 6) is -5.30. The second-order valence-corrected chi connectivity index (χ2v) is 10.00. The van der Waals surface area contributed by atoms with Gasteiger partial charge in [0.1, 0.15) is 18.1 Å². The fraction of sp³-hybridized carbons (Fsp3) is 0.462. The Kier molecular flexibility index (Phi) is 11.6. The predicted molar refractivity (Wildman–Crippen MR) is 145 cm³/mol. The van der Waals surface area contributed by atoms with Gasteiger partial charge in [-0.3, -0.25) is 24.0 Å². The van der Waals surface area contributed by atoms with Crippen LogP contribution in [0.4, 0.5) is 0 Å². The summed E-state index contributed by atoms with van der Waals surface area (Å²) in [5.41, 5.74) is 17.5. The van der Waals surface area contributed by atoms with E-state index in [1.54, 1.807) is 26.1 Å². The first-order chi connectivity index (χ1) is 18.8. The van der Waals surface area contributed by atoms with Crippen molar-refractivity contribution in [3.05, 3.63) is 36.0 Å². The molecule has 0 aliphatic heterocycles. The van der Waals surface area contributed by atoms with Gasteiger partial charge < -0.3 is 43.2 Å². The number of rotatable bonds is 16. The van der Waals surface area contributed by atoms with Crippen LogP contribution in [0.15, 0.2) is 30.5 Å². The van der Waals surface area contributed by atoms with E-state index < -0.39 is 66.1 Å². The predicted octanol–water partition coefficient (Wildman–Crippen LogP) is -1.24. The molecule has 0 spiro atoms. The van der Waals surface area contributed by atoms with Crippen molar-refractivity contribution in [2.24, 2.45) is 23.1 Å². The number of carboxylic acid groups (broad SMARTS) is 1. The normalized spacial score (nSPS) is 14.1. The minimum absolute atomic E-state index is 0.0502. The molecule has 1 aromatic carbocycles. The number of H-pyrrole nitrogens is 1. The molecule has 0 saturated heterocycles. The second-order valence-electron chi connectivity index (χ2n) is 10.00. The van der Waals surface area contributed by atoms with Gasteiger partial charge in [-0.05, 0) is 30.4 Å². The first-order valence-electron chi connectivity index (χ1n) is 12.8. The number of carbonyl (C=O) groups is 6. The lowest BCUT2D eigenvalue weighted by atomic mass is 10.0. The zero-order valence-electron chi connectivity index (χ0n) is 22.4. The fourth-order valence-electron chi connectivity index (χ4n) is 4.11. The lowest BCUT2D eigenvalue weighted by molar-refractivity contribution is -0.142. The van der Waals surface area contributed by atoms with Gasteiger partial charge in [0.2, 0.25) is 29.5 Å². The SMILES string of the molecule is CC(C)CC(NC(=O)C(N)CC(N)=O)C(=O)NC(CCC(N)=O)C(=O)NC(Cc1c[nH]c2ccccc12)C(=O)O. The summed E-state index contributed by atoms with van der Waals surface area (Å²) < 4.78 is 0. The number of benzene rings is 1. The van der Waals surface area contributed by atoms with Crippen molar-refractivity contribution in [2.45, 2.75) is 70.1 Å². The largest absolute Gasteiger partial charge is 0.480 e. The highest BCUT2D eigenvalue weighted by molar-refractivity contribution is 5.95. The number of nitrogens with one attached hydrogen (secondary N) is 4. The van der Waals surface area contributed by atoms with Gasteiger partial charge in [-0.15, -0.1) is 0 Å². The average molecular weight is 560 g/mol. The van der Waals surface area contributed by atoms with Gasteiger partial charge in [-0.25, -0.2) is 4.79 Å². The summed E-state index contributed by atoms with van der Waals surface area (Å²) >= 11 is 0. The molecule has 4 unspecified atom stereocenters. The quantitative estimate of drug-likeness (QED) is 0.123. The maximum Gasteiger partial charge on any atom is 0.326 e. The van der Waals surface area contributed by atoms with Crippen LogP contribution in [0.1, 0.15) is 45.1 Å². The van der Waals surface area contributed by atoms with Crippen molar-refractivity contribution < 1.29 is 33.9 Å². The smallest absolute Gasteiger partial charge is 0.326 e. The molecule has 0 saturated carbocycles. The highest BCUT2D eigenvalue weighted by Gasteiger charge is 2.31. The Bertz CT molecular complexity index is 1240. The minimum atomic E-state index is -1.35. The molecule has 0 aliphatic carbocycles. The van der Waals surface area contributed by atoms with Crippen molar-refractivity contribution >= 4 is 46.4 Å². The van der Waals surface area contributed by atoms with Gasteiger partial charge in [0.25, 0.3) is 0 Å². The van der Waals surface area contributed by atoms with Crippen LogP contribution < -0.4 is 33.2 Å². The molecule has 0 bridgehead atoms. The average Bonchev–Trinajstić information content (AvgIpc) is 3.27. The Balaban J connectivity index is 2.20. The first-order valence-corrected chi connectivity index (χ1v) is 12.8. The molecule has 0 radical (unpaired) electrons. The van der Waals surface area contributed by atoms with Gasteiger partial charge in [0, 0.05) is 29.9 Å². The lowest BCUT2D eigenvalue weighted by Crippen LogP contribution is -2.57. The molecule has 4 atom stereocenters. The maximum atomic E-state index is 13.2. The van der Waals surface area contributed by atoms with E-state index in [0.29, 0.717) is 5.56 Å². The molecular formula is C26H37N7O7. The van der Waals surface area contributed by atoms with Crippen LogP contribution in [0.25, 0.3) is 10.9 Å². The van der Waals surface area contributed by atoms with E-state index >= 15 is 0 Å². The van der Waals surface area contributed by atoms with Crippen LogP contribution >= 0.6 is 0 Å². The van der Waals surface area contributed by atoms with Gasteiger partial charge in [0.15, 0.2) is 0 Å². The number of aliphatic carboxylic acids is 1. The van der Waals surface area contributed by atoms with Crippen molar-refractivity contribution in [2.75, 3.05) is 0 Å². The Labute approximate surface area is 230 Å². The molecule has 1 aromatic heterocycles. The Hall–Kier alpha value is -4.46. The highest BCUT2D eigenvalue weighted by atomic mass is 16.4. The molecule has 14 nitrogen and oxygen atoms in total. The summed E-state index contributed by atoms with van der Waals surface area (Å²) in [4.78, 5) is 76.4. The number of carboxylic acids is 1. The summed E-state index contributed by atoms with van der Waals surface area (Å²) in [5, 5.41) is 18.0. The van der Waals surface area contributed by atoms with Crippen molar-refractivity contribution in [1.82, 2.24) is 20.9 Å². The number of aromatic nitrogens is 1. The molecule has 40 heavy (non-hydrogen) atoms. The number of para-hydroxylation sites is 1. The zero-order valence-corrected chi connectivity index (χ0v) is 22.4. The van der Waals surface area contributed by atoms with E-state index in [1.165, 1.54) is 0 Å². The number of hydrogen-bond acceptors (Lipinski definition) is 7. The van der Waals surface area contributed by atoms with Crippen molar-refractivity contribution in [3.8, 4) is 0 Å². The third kappa shape index (κ3) is 9.69. The molecule has 0 fully saturated rings. The van der Waals surface area contributed by atoms with Crippen LogP contribution in [-0.2, 0) is 35.2 Å². The second kappa shape index (κ2) is 14.6. The topological polar surface area (TPSA) is 253 Å². The van der Waals surface area contributed by atoms with Crippen molar-refractivity contribution in [1.29, 1.82) is 0 Å². The summed E-state index contributed by atoms with van der Waals surface area (Å²) in [6, 6.07) is 2.16. The molecule has 11 N–H and O–H groups in total. The van der Waals surface area contributed by atoms with E-state index in [1.807, 2.05) is 18.2 Å². The molecular weight excluding hydrogens is 522 g/mol. The molecule has 2 rings (SSSR count). The summed E-state index contributed by atoms with van der Waals surface area (Å²) in [6.45, 7) is 3.60. The monoisotopic (exact) mass is 559 g/mol. The molecule has 1 heterocycles. The third-order valence-corrected chi connectivity index (χ3v) is 6.12. The molecule has 14 heteroatoms. The third-order valence-electron chi connectivity index (χ3n) is 6.12. The van der Waals surface area contributed by atoms with Crippen LogP contribution in [0.3, 0.4) is 0 Å². The Morgan fingerprint density at radius 3 is 2.08 bits per heavy atom. The lowest BCUT2D eigenvalue weighted by Gasteiger charge is -2.26. The van der Waals surface area contributed by atoms with Gasteiger partial charge >= 0.3 is 5.97 Å². The number of fused-ring (bicyclic) bond motifs is 1. The molecule has 5 amide bonds. The molecule has 0 aliphatic rings. The van der Waals surface area contributed by atoms with E-state index in [0.717, 1.165) is 10.9 Å². The van der Waals surface area contributed by atoms with Crippen LogP contribution in [0.2, 0.25) is 0 Å². The highest BCUT2D eigenvalue weighted by Crippen LogP contribution is 2.19. The van der Waals surface area contributed by atoms with E-state index in [9.17, 15) is 33.9 Å². The van der Waals surface area contributed by atoms with Crippen molar-refractivity contribution in [3.63, 3.8) is 0 Å². The fourth-order valence-corrected chi connectivity index (χ4v) is 4.11. The van der Waals surface area contributed by atoms with Crippen LogP contribution in [0.5, 0.6) is 0 Å². The summed E-state index contributed by atoms with van der Waals surface area (Å²) in [7, 11) is 0. The Morgan fingerprint density at radius 2 is 1.48 bits per heavy atom. The zero-order chi connectivity index (χ0) is 30.0. The standard InChI is InChI=1S/C26H37N7O7/c1-13(2)9-19(32-23(36)16(27)11-22(29)35)25(38)31-18(7-8-21(28)34)24(37)33-20(26(39)40)10-14-12-30-17-6-4-3-5-15(14)17/h3-6,12-13,16,18-20,30H,7-11,27H2,1-2H3,(H2,28,34)(H2,29,35)(H,31,38)(H,32,36)(H,33,37)(H,39,40). The maximum absolute atomic E-state index is 13.2. The summed E-state index contributed by atoms with van der Waals surface area (Å²) in [6.07, 6.45) is 0.841. The molecule has 2 aromatic rings. The van der Waals surface area contributed by atoms with Crippen LogP contribution in [0, 0.1) is 5.92 Å². The van der Waals surface area contributed by atoms with Gasteiger partial charge in [-0.1, -0.05) is 32.0 Å². The van der Waals surface area contributed by atoms with E-state index in [-0.39, 0.29) is 31.6 Å². The number of nitrogens with two attached hydrogens (primary N) is 3. The van der Waals surface area contributed by atoms with E-state index in [4.69, 9.17) is 17.2 Å². The number of primary amides is 2. The number of aromatic amines is 1. The van der Waals surface area contributed by atoms with Gasteiger partial charge in [0.05, 0.1) is 12.5 Å². The number of amides is 5. The number of hydrogen-bond donors (Lipinski definition) is 8. The minimum Gasteiger partial charge on any atom is -0.480 e. The van der Waals surface area contributed by atoms with Crippen LogP contribution in [-0.4, -0.2) is 69.8 Å². The number of carbonyl (C=O) groups excluding carboxylic acids is 5. The molecule has 218 valence electrons. The Morgan fingerprint density at radius 1 is 0.875 bits per heavy atom.